The van der Waals surface area contributed by atoms with E-state index in [1.807, 2.05) is 24.9 Å². The molecule has 1 amide bonds. The number of rotatable bonds is 5. The van der Waals surface area contributed by atoms with Gasteiger partial charge in [-0.05, 0) is 54.9 Å². The molecule has 1 N–H and O–H groups in total. The summed E-state index contributed by atoms with van der Waals surface area (Å²) in [6.45, 7) is 2.62. The largest absolute Gasteiger partial charge is 0.336 e. The van der Waals surface area contributed by atoms with E-state index in [4.69, 9.17) is 0 Å². The average Bonchev–Trinajstić information content (AvgIpc) is 2.92. The molecule has 1 aromatic heterocycles. The van der Waals surface area contributed by atoms with Gasteiger partial charge in [0.15, 0.2) is 0 Å². The Morgan fingerprint density at radius 1 is 1.50 bits per heavy atom. The van der Waals surface area contributed by atoms with Crippen molar-refractivity contribution in [2.24, 2.45) is 0 Å². The van der Waals surface area contributed by atoms with Crippen LogP contribution in [-0.4, -0.2) is 29.4 Å². The van der Waals surface area contributed by atoms with Crippen LogP contribution in [0.5, 0.6) is 0 Å². The molecule has 1 aliphatic carbocycles. The lowest BCUT2D eigenvalue weighted by Gasteiger charge is -2.34. The predicted octanol–water partition coefficient (Wildman–Crippen LogP) is 3.67. The van der Waals surface area contributed by atoms with E-state index in [1.165, 1.54) is 4.88 Å². The second-order valence-electron chi connectivity index (χ2n) is 6.04. The SMILES string of the molecule is CC(C(=O)NC1(C#N)CCCCC1)N(C)Cc1ccc(Br)s1. The number of hydrogen-bond acceptors (Lipinski definition) is 4. The Bertz CT molecular complexity index is 560. The quantitative estimate of drug-likeness (QED) is 0.843. The summed E-state index contributed by atoms with van der Waals surface area (Å²) in [6.07, 6.45) is 4.72. The van der Waals surface area contributed by atoms with Gasteiger partial charge in [0.1, 0.15) is 5.54 Å². The Hall–Kier alpha value is -0.900. The molecular weight excluding hydrogens is 362 g/mol. The van der Waals surface area contributed by atoms with Gasteiger partial charge in [-0.15, -0.1) is 11.3 Å². The smallest absolute Gasteiger partial charge is 0.238 e. The molecule has 1 atom stereocenters. The van der Waals surface area contributed by atoms with Gasteiger partial charge in [0.05, 0.1) is 15.9 Å². The third kappa shape index (κ3) is 4.31. The first kappa shape index (κ1) is 17.5. The highest BCUT2D eigenvalue weighted by Gasteiger charge is 2.35. The highest BCUT2D eigenvalue weighted by molar-refractivity contribution is 9.11. The minimum Gasteiger partial charge on any atom is -0.336 e. The van der Waals surface area contributed by atoms with E-state index in [1.54, 1.807) is 11.3 Å². The summed E-state index contributed by atoms with van der Waals surface area (Å²) in [5.41, 5.74) is -0.656. The van der Waals surface area contributed by atoms with Gasteiger partial charge in [-0.2, -0.15) is 5.26 Å². The van der Waals surface area contributed by atoms with Crippen LogP contribution in [0.4, 0.5) is 0 Å². The van der Waals surface area contributed by atoms with E-state index >= 15 is 0 Å². The molecule has 0 radical (unpaired) electrons. The molecule has 0 saturated heterocycles. The van der Waals surface area contributed by atoms with Gasteiger partial charge in [0.2, 0.25) is 5.91 Å². The number of carbonyl (C=O) groups is 1. The highest BCUT2D eigenvalue weighted by atomic mass is 79.9. The number of amides is 1. The fourth-order valence-corrected chi connectivity index (χ4v) is 4.33. The lowest BCUT2D eigenvalue weighted by molar-refractivity contribution is -0.127. The summed E-state index contributed by atoms with van der Waals surface area (Å²) in [5.74, 6) is -0.0541. The summed E-state index contributed by atoms with van der Waals surface area (Å²) in [6, 6.07) is 6.17. The molecule has 120 valence electrons. The van der Waals surface area contributed by atoms with E-state index in [9.17, 15) is 10.1 Å². The lowest BCUT2D eigenvalue weighted by Crippen LogP contribution is -2.54. The van der Waals surface area contributed by atoms with Gasteiger partial charge in [-0.1, -0.05) is 19.3 Å². The van der Waals surface area contributed by atoms with Gasteiger partial charge in [-0.25, -0.2) is 0 Å². The molecule has 1 unspecified atom stereocenters. The Morgan fingerprint density at radius 3 is 2.73 bits per heavy atom. The van der Waals surface area contributed by atoms with Crippen molar-refractivity contribution >= 4 is 33.2 Å². The molecule has 6 heteroatoms. The second-order valence-corrected chi connectivity index (χ2v) is 8.59. The van der Waals surface area contributed by atoms with Crippen LogP contribution in [0.2, 0.25) is 0 Å². The monoisotopic (exact) mass is 383 g/mol. The number of likely N-dealkylation sites (N-methyl/N-ethyl adjacent to an activating group) is 1. The van der Waals surface area contributed by atoms with E-state index < -0.39 is 5.54 Å². The maximum Gasteiger partial charge on any atom is 0.238 e. The molecule has 1 aliphatic rings. The standard InChI is InChI=1S/C16H22BrN3OS/c1-12(20(2)10-13-6-7-14(17)22-13)15(21)19-16(11-18)8-4-3-5-9-16/h6-7,12H,3-5,8-10H2,1-2H3,(H,19,21). The molecule has 22 heavy (non-hydrogen) atoms. The Morgan fingerprint density at radius 2 is 2.18 bits per heavy atom. The van der Waals surface area contributed by atoms with Gasteiger partial charge >= 0.3 is 0 Å². The fourth-order valence-electron chi connectivity index (χ4n) is 2.78. The van der Waals surface area contributed by atoms with Crippen LogP contribution in [0.15, 0.2) is 15.9 Å². The minimum absolute atomic E-state index is 0.0541. The maximum absolute atomic E-state index is 12.5. The molecule has 1 fully saturated rings. The first-order chi connectivity index (χ1) is 10.5. The van der Waals surface area contributed by atoms with Crippen LogP contribution in [0.25, 0.3) is 0 Å². The molecule has 2 rings (SSSR count). The predicted molar refractivity (Wildman–Crippen MR) is 92.5 cm³/mol. The van der Waals surface area contributed by atoms with Crippen LogP contribution in [0.1, 0.15) is 43.9 Å². The van der Waals surface area contributed by atoms with Crippen molar-refractivity contribution in [3.05, 3.63) is 20.8 Å². The van der Waals surface area contributed by atoms with E-state index in [0.29, 0.717) is 0 Å². The number of halogens is 1. The number of nitrogens with zero attached hydrogens (tertiary/aromatic N) is 2. The summed E-state index contributed by atoms with van der Waals surface area (Å²) < 4.78 is 1.10. The molecule has 0 spiro atoms. The van der Waals surface area contributed by atoms with E-state index in [-0.39, 0.29) is 11.9 Å². The zero-order chi connectivity index (χ0) is 16.2. The van der Waals surface area contributed by atoms with Crippen LogP contribution in [-0.2, 0) is 11.3 Å². The molecule has 4 nitrogen and oxygen atoms in total. The first-order valence-corrected chi connectivity index (χ1v) is 9.24. The normalized spacial score (nSPS) is 18.7. The number of nitrogens with one attached hydrogen (secondary N) is 1. The number of thiophene rings is 1. The van der Waals surface area contributed by atoms with Crippen LogP contribution in [0, 0.1) is 11.3 Å². The maximum atomic E-state index is 12.5. The Kier molecular flexibility index (Phi) is 6.01. The first-order valence-electron chi connectivity index (χ1n) is 7.63. The molecular formula is C16H22BrN3OS. The summed E-state index contributed by atoms with van der Waals surface area (Å²) in [4.78, 5) is 15.7. The minimum atomic E-state index is -0.656. The molecule has 1 heterocycles. The van der Waals surface area contributed by atoms with Crippen LogP contribution < -0.4 is 5.32 Å². The molecule has 0 bridgehead atoms. The zero-order valence-corrected chi connectivity index (χ0v) is 15.5. The highest BCUT2D eigenvalue weighted by Crippen LogP contribution is 2.28. The topological polar surface area (TPSA) is 56.1 Å². The zero-order valence-electron chi connectivity index (χ0n) is 13.1. The van der Waals surface area contributed by atoms with Crippen molar-refractivity contribution in [3.63, 3.8) is 0 Å². The van der Waals surface area contributed by atoms with Gasteiger partial charge in [-0.3, -0.25) is 9.69 Å². The summed E-state index contributed by atoms with van der Waals surface area (Å²) in [7, 11) is 1.94. The van der Waals surface area contributed by atoms with Gasteiger partial charge < -0.3 is 5.32 Å². The second kappa shape index (κ2) is 7.58. The molecule has 1 aromatic rings. The number of hydrogen-bond donors (Lipinski definition) is 1. The number of carbonyl (C=O) groups excluding carboxylic acids is 1. The molecule has 1 saturated carbocycles. The molecule has 0 aliphatic heterocycles. The Balaban J connectivity index is 1.94. The van der Waals surface area contributed by atoms with Crippen molar-refractivity contribution < 1.29 is 4.79 Å². The van der Waals surface area contributed by atoms with Crippen molar-refractivity contribution in [2.45, 2.75) is 57.2 Å². The average molecular weight is 384 g/mol. The Labute approximate surface area is 144 Å². The van der Waals surface area contributed by atoms with Crippen molar-refractivity contribution in [1.29, 1.82) is 5.26 Å². The molecule has 0 aromatic carbocycles. The van der Waals surface area contributed by atoms with E-state index in [0.717, 1.165) is 42.4 Å². The number of nitriles is 1. The van der Waals surface area contributed by atoms with Gasteiger partial charge in [0.25, 0.3) is 0 Å². The fraction of sp³-hybridized carbons (Fsp3) is 0.625. The van der Waals surface area contributed by atoms with Crippen molar-refractivity contribution in [2.75, 3.05) is 7.05 Å². The van der Waals surface area contributed by atoms with Gasteiger partial charge in [0, 0.05) is 11.4 Å². The summed E-state index contributed by atoms with van der Waals surface area (Å²) >= 11 is 5.13. The van der Waals surface area contributed by atoms with Crippen molar-refractivity contribution in [1.82, 2.24) is 10.2 Å². The third-order valence-electron chi connectivity index (χ3n) is 4.36. The lowest BCUT2D eigenvalue weighted by atomic mass is 9.82. The third-order valence-corrected chi connectivity index (χ3v) is 5.97. The summed E-state index contributed by atoms with van der Waals surface area (Å²) in [5, 5.41) is 12.5. The van der Waals surface area contributed by atoms with Crippen molar-refractivity contribution in [3.8, 4) is 6.07 Å². The van der Waals surface area contributed by atoms with Crippen LogP contribution in [0.3, 0.4) is 0 Å². The van der Waals surface area contributed by atoms with Crippen LogP contribution >= 0.6 is 27.3 Å². The van der Waals surface area contributed by atoms with E-state index in [2.05, 4.69) is 33.4 Å².